The molecule has 0 saturated carbocycles. The van der Waals surface area contributed by atoms with Gasteiger partial charge in [-0.1, -0.05) is 6.07 Å². The zero-order valence-corrected chi connectivity index (χ0v) is 15.8. The average molecular weight is 416 g/mol. The molecule has 9 nitrogen and oxygen atoms in total. The summed E-state index contributed by atoms with van der Waals surface area (Å²) in [6.07, 6.45) is -4.67. The molecule has 6 N–H and O–H groups in total. The van der Waals surface area contributed by atoms with Gasteiger partial charge in [-0.15, -0.1) is 0 Å². The number of rotatable bonds is 3. The summed E-state index contributed by atoms with van der Waals surface area (Å²) in [4.78, 5) is 13.2. The molecule has 158 valence electrons. The topological polar surface area (TPSA) is 157 Å². The molecule has 9 heteroatoms. The Bertz CT molecular complexity index is 1060. The van der Waals surface area contributed by atoms with E-state index in [0.717, 1.165) is 6.07 Å². The molecule has 2 aliphatic rings. The second kappa shape index (κ2) is 7.21. The largest absolute Gasteiger partial charge is 0.508 e. The summed E-state index contributed by atoms with van der Waals surface area (Å²) < 4.78 is 11.1. The van der Waals surface area contributed by atoms with Crippen LogP contribution < -0.4 is 0 Å². The molecule has 4 rings (SSSR count). The maximum Gasteiger partial charge on any atom is 0.232 e. The van der Waals surface area contributed by atoms with Crippen LogP contribution in [0.25, 0.3) is 5.57 Å². The average Bonchev–Trinajstić information content (AvgIpc) is 2.92. The van der Waals surface area contributed by atoms with Crippen molar-refractivity contribution in [3.05, 3.63) is 52.8 Å². The van der Waals surface area contributed by atoms with E-state index in [-0.39, 0.29) is 34.8 Å². The summed E-state index contributed by atoms with van der Waals surface area (Å²) in [5.74, 6) is -2.42. The number of aliphatic hydroxyl groups excluding tert-OH is 2. The number of aliphatic hydroxyl groups is 2. The first kappa shape index (κ1) is 20.0. The maximum atomic E-state index is 13.2. The minimum Gasteiger partial charge on any atom is -0.508 e. The number of phenols is 4. The molecule has 2 aromatic rings. The monoisotopic (exact) mass is 416 g/mol. The van der Waals surface area contributed by atoms with Gasteiger partial charge in [-0.05, 0) is 36.2 Å². The Kier molecular flexibility index (Phi) is 4.81. The van der Waals surface area contributed by atoms with Crippen LogP contribution in [0.3, 0.4) is 0 Å². The number of hydrogen-bond acceptors (Lipinski definition) is 9. The Morgan fingerprint density at radius 3 is 2.33 bits per heavy atom. The van der Waals surface area contributed by atoms with Crippen molar-refractivity contribution in [1.82, 2.24) is 0 Å². The van der Waals surface area contributed by atoms with E-state index in [9.17, 15) is 35.4 Å². The molecule has 1 heterocycles. The number of ether oxygens (including phenoxy) is 2. The van der Waals surface area contributed by atoms with Crippen molar-refractivity contribution in [3.8, 4) is 23.0 Å². The number of phenolic OH excluding ortho intramolecular Hbond substituents is 4. The third-order valence-electron chi connectivity index (χ3n) is 5.27. The van der Waals surface area contributed by atoms with Gasteiger partial charge in [0.15, 0.2) is 17.3 Å². The van der Waals surface area contributed by atoms with Crippen LogP contribution in [-0.4, -0.2) is 61.0 Å². The van der Waals surface area contributed by atoms with Gasteiger partial charge >= 0.3 is 0 Å². The van der Waals surface area contributed by atoms with Crippen molar-refractivity contribution < 1.29 is 44.9 Å². The summed E-state index contributed by atoms with van der Waals surface area (Å²) in [5.41, 5.74) is 0.866. The SMILES string of the molecule is C[C@H]1O[C@H](OC2=C(c3ccc(O)c(O)c3)Cc3cc(O)cc(O)c3C2=O)[C@@H](O)[C@@H]1O. The van der Waals surface area contributed by atoms with Crippen molar-refractivity contribution >= 4 is 11.4 Å². The van der Waals surface area contributed by atoms with Crippen LogP contribution in [0, 0.1) is 0 Å². The summed E-state index contributed by atoms with van der Waals surface area (Å²) in [6.45, 7) is 1.54. The van der Waals surface area contributed by atoms with Crippen LogP contribution in [0.1, 0.15) is 28.4 Å². The number of carbonyl (C=O) groups is 1. The molecule has 2 aromatic carbocycles. The second-order valence-corrected chi connectivity index (χ2v) is 7.32. The van der Waals surface area contributed by atoms with Crippen molar-refractivity contribution in [2.75, 3.05) is 0 Å². The van der Waals surface area contributed by atoms with Crippen LogP contribution in [0.4, 0.5) is 0 Å². The molecule has 0 radical (unpaired) electrons. The number of Topliss-reactive ketones (excluding diaryl/α,β-unsaturated/α-hetero) is 1. The fraction of sp³-hybridized carbons (Fsp3) is 0.286. The number of benzene rings is 2. The molecule has 0 amide bonds. The smallest absolute Gasteiger partial charge is 0.232 e. The molecule has 0 spiro atoms. The predicted octanol–water partition coefficient (Wildman–Crippen LogP) is 1.14. The van der Waals surface area contributed by atoms with Crippen molar-refractivity contribution in [2.45, 2.75) is 37.9 Å². The fourth-order valence-corrected chi connectivity index (χ4v) is 3.69. The summed E-state index contributed by atoms with van der Waals surface area (Å²) in [6, 6.07) is 6.29. The molecule has 1 fully saturated rings. The molecular weight excluding hydrogens is 396 g/mol. The number of hydrogen-bond donors (Lipinski definition) is 6. The lowest BCUT2D eigenvalue weighted by Gasteiger charge is -2.26. The van der Waals surface area contributed by atoms with Crippen LogP contribution in [0.15, 0.2) is 36.1 Å². The lowest BCUT2D eigenvalue weighted by Crippen LogP contribution is -2.34. The van der Waals surface area contributed by atoms with Crippen molar-refractivity contribution in [2.24, 2.45) is 0 Å². The standard InChI is InChI=1S/C21H20O9/c1-8-17(26)19(28)21(29-8)30-20-12(9-2-3-13(23)14(24)6-9)5-10-4-11(22)7-15(25)16(10)18(20)27/h2-4,6-8,17,19,21-26,28H,5H2,1H3/t8-,17-,19+,21-/m1/s1. The van der Waals surface area contributed by atoms with Gasteiger partial charge in [0.25, 0.3) is 0 Å². The van der Waals surface area contributed by atoms with Gasteiger partial charge < -0.3 is 40.1 Å². The highest BCUT2D eigenvalue weighted by molar-refractivity contribution is 6.16. The number of allylic oxidation sites excluding steroid dienone is 2. The zero-order valence-electron chi connectivity index (χ0n) is 15.8. The Morgan fingerprint density at radius 1 is 0.967 bits per heavy atom. The quantitative estimate of drug-likeness (QED) is 0.404. The summed E-state index contributed by atoms with van der Waals surface area (Å²) in [7, 11) is 0. The Morgan fingerprint density at radius 2 is 1.70 bits per heavy atom. The van der Waals surface area contributed by atoms with E-state index in [0.29, 0.717) is 11.1 Å². The first-order valence-corrected chi connectivity index (χ1v) is 9.20. The molecule has 0 bridgehead atoms. The minimum atomic E-state index is -1.41. The van der Waals surface area contributed by atoms with Gasteiger partial charge in [0.1, 0.15) is 23.7 Å². The van der Waals surface area contributed by atoms with Crippen LogP contribution in [0.2, 0.25) is 0 Å². The first-order valence-electron chi connectivity index (χ1n) is 9.20. The fourth-order valence-electron chi connectivity index (χ4n) is 3.69. The van der Waals surface area contributed by atoms with Crippen LogP contribution in [0.5, 0.6) is 23.0 Å². The summed E-state index contributed by atoms with van der Waals surface area (Å²) >= 11 is 0. The highest BCUT2D eigenvalue weighted by Gasteiger charge is 2.44. The van der Waals surface area contributed by atoms with E-state index in [4.69, 9.17) is 9.47 Å². The number of carbonyl (C=O) groups excluding carboxylic acids is 1. The Hall–Kier alpha value is -3.27. The number of fused-ring (bicyclic) bond motifs is 1. The number of aromatic hydroxyl groups is 4. The van der Waals surface area contributed by atoms with E-state index in [2.05, 4.69) is 0 Å². The molecule has 30 heavy (non-hydrogen) atoms. The maximum absolute atomic E-state index is 13.2. The molecule has 4 atom stereocenters. The van der Waals surface area contributed by atoms with Gasteiger partial charge in [0.05, 0.1) is 11.7 Å². The lowest BCUT2D eigenvalue weighted by molar-refractivity contribution is -0.136. The van der Waals surface area contributed by atoms with Gasteiger partial charge in [-0.25, -0.2) is 0 Å². The summed E-state index contributed by atoms with van der Waals surface area (Å²) in [5, 5.41) is 59.6. The Labute approximate surface area is 170 Å². The van der Waals surface area contributed by atoms with Gasteiger partial charge in [-0.3, -0.25) is 4.79 Å². The normalized spacial score (nSPS) is 26.0. The van der Waals surface area contributed by atoms with Gasteiger partial charge in [0.2, 0.25) is 12.1 Å². The van der Waals surface area contributed by atoms with Crippen LogP contribution >= 0.6 is 0 Å². The number of ketones is 1. The molecular formula is C21H20O9. The van der Waals surface area contributed by atoms with E-state index < -0.39 is 41.9 Å². The lowest BCUT2D eigenvalue weighted by atomic mass is 9.85. The van der Waals surface area contributed by atoms with E-state index in [1.165, 1.54) is 31.2 Å². The van der Waals surface area contributed by atoms with E-state index in [1.54, 1.807) is 0 Å². The van der Waals surface area contributed by atoms with E-state index >= 15 is 0 Å². The molecule has 1 aliphatic heterocycles. The highest BCUT2D eigenvalue weighted by Crippen LogP contribution is 2.41. The third kappa shape index (κ3) is 3.22. The predicted molar refractivity (Wildman–Crippen MR) is 102 cm³/mol. The minimum absolute atomic E-state index is 0.0313. The molecule has 0 aromatic heterocycles. The molecule has 1 aliphatic carbocycles. The third-order valence-corrected chi connectivity index (χ3v) is 5.27. The van der Waals surface area contributed by atoms with Gasteiger partial charge in [0, 0.05) is 18.1 Å². The second-order valence-electron chi connectivity index (χ2n) is 7.32. The molecule has 1 saturated heterocycles. The van der Waals surface area contributed by atoms with Gasteiger partial charge in [-0.2, -0.15) is 0 Å². The van der Waals surface area contributed by atoms with E-state index in [1.807, 2.05) is 0 Å². The van der Waals surface area contributed by atoms with Crippen LogP contribution in [-0.2, 0) is 15.9 Å². The van der Waals surface area contributed by atoms with Crippen molar-refractivity contribution in [3.63, 3.8) is 0 Å². The Balaban J connectivity index is 1.84. The van der Waals surface area contributed by atoms with Crippen molar-refractivity contribution in [1.29, 1.82) is 0 Å². The zero-order chi connectivity index (χ0) is 21.7. The highest BCUT2D eigenvalue weighted by atomic mass is 16.7. The first-order chi connectivity index (χ1) is 14.2. The molecule has 0 unspecified atom stereocenters.